The Morgan fingerprint density at radius 2 is 1.50 bits per heavy atom. The highest BCUT2D eigenvalue weighted by Crippen LogP contribution is 2.60. The number of rotatable bonds is 5. The molecule has 6 aliphatic rings. The lowest BCUT2D eigenvalue weighted by molar-refractivity contribution is -0.162. The molecule has 4 saturated carbocycles. The van der Waals surface area contributed by atoms with Crippen molar-refractivity contribution in [2.75, 3.05) is 39.3 Å². The van der Waals surface area contributed by atoms with E-state index >= 15 is 0 Å². The highest BCUT2D eigenvalue weighted by atomic mass is 16.2. The lowest BCUT2D eigenvalue weighted by Crippen LogP contribution is -2.59. The summed E-state index contributed by atoms with van der Waals surface area (Å²) in [6.45, 7) is 7.78. The molecule has 1 N–H and O–H groups in total. The minimum Gasteiger partial charge on any atom is -0.353 e. The Hall–Kier alpha value is -1.63. The van der Waals surface area contributed by atoms with Crippen molar-refractivity contribution in [3.05, 3.63) is 0 Å². The number of amides is 3. The zero-order valence-corrected chi connectivity index (χ0v) is 19.9. The molecule has 2 saturated heterocycles. The van der Waals surface area contributed by atoms with Gasteiger partial charge in [0.05, 0.1) is 12.0 Å². The number of likely N-dealkylation sites (tertiary alicyclic amines) is 1. The van der Waals surface area contributed by atoms with E-state index < -0.39 is 0 Å². The van der Waals surface area contributed by atoms with E-state index in [0.29, 0.717) is 38.6 Å². The molecule has 1 unspecified atom stereocenters. The second kappa shape index (κ2) is 8.62. The molecule has 4 aliphatic carbocycles. The summed E-state index contributed by atoms with van der Waals surface area (Å²) in [5, 5.41) is 2.94. The molecule has 4 bridgehead atoms. The van der Waals surface area contributed by atoms with Gasteiger partial charge in [0, 0.05) is 38.8 Å². The summed E-state index contributed by atoms with van der Waals surface area (Å²) in [5.41, 5.74) is -0.167. The van der Waals surface area contributed by atoms with E-state index in [1.165, 1.54) is 19.3 Å². The van der Waals surface area contributed by atoms with Crippen LogP contribution in [0.25, 0.3) is 0 Å². The maximum atomic E-state index is 13.9. The van der Waals surface area contributed by atoms with Crippen molar-refractivity contribution < 1.29 is 14.4 Å². The van der Waals surface area contributed by atoms with Crippen LogP contribution in [-0.2, 0) is 14.4 Å². The first-order valence-electron chi connectivity index (χ1n) is 12.9. The number of carbonyl (C=O) groups excluding carboxylic acids is 3. The lowest BCUT2D eigenvalue weighted by atomic mass is 9.49. The van der Waals surface area contributed by atoms with Gasteiger partial charge in [0.25, 0.3) is 0 Å². The van der Waals surface area contributed by atoms with Crippen LogP contribution in [0.5, 0.6) is 0 Å². The maximum Gasteiger partial charge on any atom is 0.245 e. The largest absolute Gasteiger partial charge is 0.353 e. The standard InChI is InChI=1S/C25H40N4O3/c1-17(2)26-22(30)16-27-6-8-28(9-7-27)23(31)21-4-3-5-29(21)24(32)25-13-18-10-19(14-25)12-20(11-18)15-25/h17-21H,3-16H2,1-2H3,(H,26,30). The Kier molecular flexibility index (Phi) is 5.97. The quantitative estimate of drug-likeness (QED) is 0.703. The molecule has 2 aliphatic heterocycles. The van der Waals surface area contributed by atoms with Gasteiger partial charge in [-0.2, -0.15) is 0 Å². The fourth-order valence-electron chi connectivity index (χ4n) is 7.85. The van der Waals surface area contributed by atoms with Crippen LogP contribution in [0.3, 0.4) is 0 Å². The van der Waals surface area contributed by atoms with E-state index in [9.17, 15) is 14.4 Å². The summed E-state index contributed by atoms with van der Waals surface area (Å²) in [6, 6.07) is -0.128. The average molecular weight is 445 g/mol. The van der Waals surface area contributed by atoms with Crippen LogP contribution in [0.1, 0.15) is 65.2 Å². The normalized spacial score (nSPS) is 36.7. The maximum absolute atomic E-state index is 13.9. The minimum absolute atomic E-state index is 0.0444. The molecule has 0 aromatic carbocycles. The Morgan fingerprint density at radius 3 is 2.06 bits per heavy atom. The highest BCUT2D eigenvalue weighted by Gasteiger charge is 2.57. The number of hydrogen-bond acceptors (Lipinski definition) is 4. The summed E-state index contributed by atoms with van der Waals surface area (Å²) in [5.74, 6) is 2.69. The second-order valence-electron chi connectivity index (χ2n) is 11.7. The van der Waals surface area contributed by atoms with E-state index in [-0.39, 0.29) is 29.3 Å². The number of nitrogens with zero attached hydrogens (tertiary/aromatic N) is 3. The number of hydrogen-bond donors (Lipinski definition) is 1. The highest BCUT2D eigenvalue weighted by molar-refractivity contribution is 5.91. The molecule has 0 radical (unpaired) electrons. The molecule has 0 aromatic rings. The molecule has 7 nitrogen and oxygen atoms in total. The van der Waals surface area contributed by atoms with Crippen LogP contribution in [-0.4, -0.2) is 83.8 Å². The number of carbonyl (C=O) groups is 3. The molecule has 3 amide bonds. The zero-order chi connectivity index (χ0) is 22.5. The van der Waals surface area contributed by atoms with Crippen molar-refractivity contribution in [1.29, 1.82) is 0 Å². The number of piperazine rings is 1. The van der Waals surface area contributed by atoms with Gasteiger partial charge >= 0.3 is 0 Å². The predicted molar refractivity (Wildman–Crippen MR) is 122 cm³/mol. The van der Waals surface area contributed by atoms with Gasteiger partial charge in [0.1, 0.15) is 6.04 Å². The van der Waals surface area contributed by atoms with E-state index in [2.05, 4.69) is 10.2 Å². The second-order valence-corrected chi connectivity index (χ2v) is 11.7. The van der Waals surface area contributed by atoms with Gasteiger partial charge < -0.3 is 15.1 Å². The van der Waals surface area contributed by atoms with Crippen molar-refractivity contribution in [3.63, 3.8) is 0 Å². The summed E-state index contributed by atoms with van der Waals surface area (Å²) in [4.78, 5) is 45.4. The van der Waals surface area contributed by atoms with Crippen molar-refractivity contribution in [2.24, 2.45) is 23.2 Å². The topological polar surface area (TPSA) is 73.0 Å². The van der Waals surface area contributed by atoms with E-state index in [0.717, 1.165) is 56.4 Å². The summed E-state index contributed by atoms with van der Waals surface area (Å²) < 4.78 is 0. The fraction of sp³-hybridized carbons (Fsp3) is 0.880. The number of nitrogens with one attached hydrogen (secondary N) is 1. The first-order valence-corrected chi connectivity index (χ1v) is 12.9. The SMILES string of the molecule is CC(C)NC(=O)CN1CCN(C(=O)C2CCCN2C(=O)C23CC4CC(CC(C4)C2)C3)CC1. The Balaban J connectivity index is 1.19. The third-order valence-corrected chi connectivity index (χ3v) is 8.79. The van der Waals surface area contributed by atoms with Gasteiger partial charge in [-0.25, -0.2) is 0 Å². The molecule has 2 heterocycles. The average Bonchev–Trinajstić information content (AvgIpc) is 3.21. The van der Waals surface area contributed by atoms with Crippen LogP contribution >= 0.6 is 0 Å². The molecule has 1 atom stereocenters. The van der Waals surface area contributed by atoms with Crippen LogP contribution in [0.4, 0.5) is 0 Å². The van der Waals surface area contributed by atoms with Crippen LogP contribution in [0.15, 0.2) is 0 Å². The summed E-state index contributed by atoms with van der Waals surface area (Å²) in [7, 11) is 0. The molecule has 7 heteroatoms. The lowest BCUT2D eigenvalue weighted by Gasteiger charge is -2.56. The smallest absolute Gasteiger partial charge is 0.245 e. The molecule has 178 valence electrons. The first-order chi connectivity index (χ1) is 15.3. The van der Waals surface area contributed by atoms with Gasteiger partial charge in [-0.1, -0.05) is 0 Å². The minimum atomic E-state index is -0.272. The molecule has 0 aromatic heterocycles. The Labute approximate surface area is 192 Å². The van der Waals surface area contributed by atoms with E-state index in [4.69, 9.17) is 0 Å². The van der Waals surface area contributed by atoms with Gasteiger partial charge in [-0.3, -0.25) is 19.3 Å². The first kappa shape index (κ1) is 22.2. The van der Waals surface area contributed by atoms with Crippen LogP contribution < -0.4 is 5.32 Å². The van der Waals surface area contributed by atoms with Crippen LogP contribution in [0.2, 0.25) is 0 Å². The third-order valence-electron chi connectivity index (χ3n) is 8.79. The Morgan fingerprint density at radius 1 is 0.906 bits per heavy atom. The molecular formula is C25H40N4O3. The van der Waals surface area contributed by atoms with Gasteiger partial charge in [-0.15, -0.1) is 0 Å². The molecule has 32 heavy (non-hydrogen) atoms. The van der Waals surface area contributed by atoms with Crippen molar-refractivity contribution in [3.8, 4) is 0 Å². The van der Waals surface area contributed by atoms with Gasteiger partial charge in [0.2, 0.25) is 17.7 Å². The van der Waals surface area contributed by atoms with E-state index in [1.54, 1.807) is 0 Å². The molecule has 0 spiro atoms. The van der Waals surface area contributed by atoms with Gasteiger partial charge in [-0.05, 0) is 83.0 Å². The van der Waals surface area contributed by atoms with Crippen molar-refractivity contribution in [2.45, 2.75) is 77.3 Å². The predicted octanol–water partition coefficient (Wildman–Crippen LogP) is 1.86. The fourth-order valence-corrected chi connectivity index (χ4v) is 7.85. The van der Waals surface area contributed by atoms with Crippen molar-refractivity contribution >= 4 is 17.7 Å². The van der Waals surface area contributed by atoms with E-state index in [1.807, 2.05) is 23.6 Å². The Bertz CT molecular complexity index is 723. The third kappa shape index (κ3) is 4.17. The molecule has 6 rings (SSSR count). The van der Waals surface area contributed by atoms with Crippen molar-refractivity contribution in [1.82, 2.24) is 20.0 Å². The van der Waals surface area contributed by atoms with Crippen LogP contribution in [0, 0.1) is 23.2 Å². The summed E-state index contributed by atoms with van der Waals surface area (Å²) in [6.07, 6.45) is 8.90. The zero-order valence-electron chi connectivity index (χ0n) is 19.9. The monoisotopic (exact) mass is 444 g/mol. The molecular weight excluding hydrogens is 404 g/mol. The van der Waals surface area contributed by atoms with Gasteiger partial charge in [0.15, 0.2) is 0 Å². The summed E-state index contributed by atoms with van der Waals surface area (Å²) >= 11 is 0. The molecule has 6 fully saturated rings.